The fourth-order valence-corrected chi connectivity index (χ4v) is 2.18. The zero-order chi connectivity index (χ0) is 15.4. The molecule has 0 aliphatic heterocycles. The Morgan fingerprint density at radius 1 is 1.19 bits per heavy atom. The second-order valence-corrected chi connectivity index (χ2v) is 5.47. The van der Waals surface area contributed by atoms with E-state index in [1.807, 2.05) is 44.2 Å². The van der Waals surface area contributed by atoms with Gasteiger partial charge in [-0.25, -0.2) is 0 Å². The lowest BCUT2D eigenvalue weighted by Crippen LogP contribution is -2.30. The fourth-order valence-electron chi connectivity index (χ4n) is 1.96. The third kappa shape index (κ3) is 4.23. The van der Waals surface area contributed by atoms with Gasteiger partial charge in [0, 0.05) is 10.7 Å². The summed E-state index contributed by atoms with van der Waals surface area (Å²) in [7, 11) is 0. The zero-order valence-electron chi connectivity index (χ0n) is 12.3. The number of carbonyl (C=O) groups is 1. The van der Waals surface area contributed by atoms with E-state index in [4.69, 9.17) is 16.3 Å². The number of amides is 1. The molecule has 4 heteroatoms. The molecule has 0 fully saturated rings. The number of carbonyl (C=O) groups excluding carboxylic acids is 1. The molecule has 3 nitrogen and oxygen atoms in total. The molecule has 0 unspecified atom stereocenters. The number of nitrogens with one attached hydrogen (secondary N) is 1. The van der Waals surface area contributed by atoms with Gasteiger partial charge in [-0.15, -0.1) is 0 Å². The van der Waals surface area contributed by atoms with Crippen LogP contribution in [0.15, 0.2) is 42.5 Å². The minimum atomic E-state index is -0.592. The number of ether oxygens (including phenoxy) is 1. The van der Waals surface area contributed by atoms with Crippen molar-refractivity contribution in [2.75, 3.05) is 5.32 Å². The molecule has 0 aliphatic rings. The van der Waals surface area contributed by atoms with Crippen LogP contribution in [-0.2, 0) is 4.79 Å². The fraction of sp³-hybridized carbons (Fsp3) is 0.235. The highest BCUT2D eigenvalue weighted by Gasteiger charge is 2.16. The quantitative estimate of drug-likeness (QED) is 0.911. The van der Waals surface area contributed by atoms with E-state index in [1.54, 1.807) is 19.1 Å². The van der Waals surface area contributed by atoms with E-state index in [0.29, 0.717) is 10.8 Å². The number of halogens is 1. The standard InChI is InChI=1S/C17H18ClNO2/c1-11-5-4-6-15(9-11)19-17(20)13(3)21-16-8-7-14(18)10-12(16)2/h4-10,13H,1-3H3,(H,19,20)/t13-/m0/s1. The average molecular weight is 304 g/mol. The summed E-state index contributed by atoms with van der Waals surface area (Å²) in [6.45, 7) is 5.60. The summed E-state index contributed by atoms with van der Waals surface area (Å²) in [6, 6.07) is 13.0. The lowest BCUT2D eigenvalue weighted by atomic mass is 10.2. The molecule has 1 atom stereocenters. The SMILES string of the molecule is Cc1cccc(NC(=O)[C@H](C)Oc2ccc(Cl)cc2C)c1. The topological polar surface area (TPSA) is 38.3 Å². The summed E-state index contributed by atoms with van der Waals surface area (Å²) in [5.74, 6) is 0.473. The van der Waals surface area contributed by atoms with Gasteiger partial charge in [0.05, 0.1) is 0 Å². The van der Waals surface area contributed by atoms with Crippen molar-refractivity contribution in [3.8, 4) is 5.75 Å². The van der Waals surface area contributed by atoms with E-state index in [-0.39, 0.29) is 5.91 Å². The highest BCUT2D eigenvalue weighted by atomic mass is 35.5. The first-order valence-corrected chi connectivity index (χ1v) is 7.14. The first kappa shape index (κ1) is 15.4. The Labute approximate surface area is 129 Å². The largest absolute Gasteiger partial charge is 0.481 e. The van der Waals surface area contributed by atoms with Crippen molar-refractivity contribution >= 4 is 23.2 Å². The van der Waals surface area contributed by atoms with Crippen molar-refractivity contribution < 1.29 is 9.53 Å². The van der Waals surface area contributed by atoms with Crippen LogP contribution in [0, 0.1) is 13.8 Å². The van der Waals surface area contributed by atoms with Crippen LogP contribution < -0.4 is 10.1 Å². The lowest BCUT2D eigenvalue weighted by molar-refractivity contribution is -0.122. The predicted octanol–water partition coefficient (Wildman–Crippen LogP) is 4.36. The molecule has 0 saturated heterocycles. The van der Waals surface area contributed by atoms with Crippen LogP contribution in [0.1, 0.15) is 18.1 Å². The smallest absolute Gasteiger partial charge is 0.265 e. The monoisotopic (exact) mass is 303 g/mol. The Balaban J connectivity index is 2.02. The first-order valence-electron chi connectivity index (χ1n) is 6.76. The molecular weight excluding hydrogens is 286 g/mol. The van der Waals surface area contributed by atoms with E-state index in [0.717, 1.165) is 16.8 Å². The molecule has 2 rings (SSSR count). The van der Waals surface area contributed by atoms with Crippen molar-refractivity contribution in [1.29, 1.82) is 0 Å². The summed E-state index contributed by atoms with van der Waals surface area (Å²) >= 11 is 5.90. The van der Waals surface area contributed by atoms with E-state index < -0.39 is 6.10 Å². The molecule has 0 radical (unpaired) electrons. The maximum absolute atomic E-state index is 12.1. The van der Waals surface area contributed by atoms with Crippen LogP contribution in [0.4, 0.5) is 5.69 Å². The van der Waals surface area contributed by atoms with Crippen LogP contribution >= 0.6 is 11.6 Å². The number of anilines is 1. The highest BCUT2D eigenvalue weighted by molar-refractivity contribution is 6.30. The average Bonchev–Trinajstić information content (AvgIpc) is 2.41. The van der Waals surface area contributed by atoms with Gasteiger partial charge in [-0.2, -0.15) is 0 Å². The third-order valence-corrected chi connectivity index (χ3v) is 3.33. The number of aryl methyl sites for hydroxylation is 2. The zero-order valence-corrected chi connectivity index (χ0v) is 13.1. The van der Waals surface area contributed by atoms with Crippen molar-refractivity contribution in [3.05, 3.63) is 58.6 Å². The van der Waals surface area contributed by atoms with Gasteiger partial charge in [0.15, 0.2) is 6.10 Å². The van der Waals surface area contributed by atoms with Crippen molar-refractivity contribution in [2.45, 2.75) is 26.9 Å². The summed E-state index contributed by atoms with van der Waals surface area (Å²) in [4.78, 5) is 12.1. The van der Waals surface area contributed by atoms with Crippen LogP contribution in [0.5, 0.6) is 5.75 Å². The van der Waals surface area contributed by atoms with Crippen LogP contribution in [0.2, 0.25) is 5.02 Å². The van der Waals surface area contributed by atoms with Gasteiger partial charge >= 0.3 is 0 Å². The molecule has 21 heavy (non-hydrogen) atoms. The number of hydrogen-bond donors (Lipinski definition) is 1. The van der Waals surface area contributed by atoms with Crippen LogP contribution in [-0.4, -0.2) is 12.0 Å². The first-order chi connectivity index (χ1) is 9.95. The lowest BCUT2D eigenvalue weighted by Gasteiger charge is -2.16. The normalized spacial score (nSPS) is 11.8. The Morgan fingerprint density at radius 2 is 1.95 bits per heavy atom. The molecule has 1 amide bonds. The van der Waals surface area contributed by atoms with Crippen LogP contribution in [0.25, 0.3) is 0 Å². The maximum Gasteiger partial charge on any atom is 0.265 e. The second kappa shape index (κ2) is 6.64. The molecular formula is C17H18ClNO2. The van der Waals surface area contributed by atoms with Gasteiger partial charge in [0.25, 0.3) is 5.91 Å². The number of hydrogen-bond acceptors (Lipinski definition) is 2. The molecule has 0 spiro atoms. The molecule has 1 N–H and O–H groups in total. The van der Waals surface area contributed by atoms with Gasteiger partial charge in [0.2, 0.25) is 0 Å². The summed E-state index contributed by atoms with van der Waals surface area (Å²) in [5, 5.41) is 3.49. The molecule has 0 saturated carbocycles. The van der Waals surface area contributed by atoms with Crippen molar-refractivity contribution in [1.82, 2.24) is 0 Å². The third-order valence-electron chi connectivity index (χ3n) is 3.10. The minimum absolute atomic E-state index is 0.185. The molecule has 0 bridgehead atoms. The van der Waals surface area contributed by atoms with Gasteiger partial charge in [0.1, 0.15) is 5.75 Å². The summed E-state index contributed by atoms with van der Waals surface area (Å²) in [6.07, 6.45) is -0.592. The Bertz CT molecular complexity index is 655. The van der Waals surface area contributed by atoms with Crippen molar-refractivity contribution in [2.24, 2.45) is 0 Å². The van der Waals surface area contributed by atoms with E-state index in [9.17, 15) is 4.79 Å². The predicted molar refractivity (Wildman–Crippen MR) is 86.1 cm³/mol. The minimum Gasteiger partial charge on any atom is -0.481 e. The molecule has 0 aliphatic carbocycles. The molecule has 2 aromatic rings. The second-order valence-electron chi connectivity index (χ2n) is 5.03. The van der Waals surface area contributed by atoms with Gasteiger partial charge in [-0.3, -0.25) is 4.79 Å². The number of benzene rings is 2. The maximum atomic E-state index is 12.1. The Kier molecular flexibility index (Phi) is 4.86. The molecule has 0 aromatic heterocycles. The van der Waals surface area contributed by atoms with E-state index in [1.165, 1.54) is 0 Å². The highest BCUT2D eigenvalue weighted by Crippen LogP contribution is 2.23. The van der Waals surface area contributed by atoms with E-state index >= 15 is 0 Å². The molecule has 0 heterocycles. The number of rotatable bonds is 4. The summed E-state index contributed by atoms with van der Waals surface area (Å²) < 4.78 is 5.69. The van der Waals surface area contributed by atoms with Gasteiger partial charge in [-0.1, -0.05) is 23.7 Å². The van der Waals surface area contributed by atoms with Crippen LogP contribution in [0.3, 0.4) is 0 Å². The summed E-state index contributed by atoms with van der Waals surface area (Å²) in [5.41, 5.74) is 2.76. The molecule has 2 aromatic carbocycles. The van der Waals surface area contributed by atoms with Gasteiger partial charge in [-0.05, 0) is 62.2 Å². The Morgan fingerprint density at radius 3 is 2.62 bits per heavy atom. The van der Waals surface area contributed by atoms with Crippen molar-refractivity contribution in [3.63, 3.8) is 0 Å². The van der Waals surface area contributed by atoms with Gasteiger partial charge < -0.3 is 10.1 Å². The molecule has 110 valence electrons. The van der Waals surface area contributed by atoms with E-state index in [2.05, 4.69) is 5.32 Å². The Hall–Kier alpha value is -2.00.